The average Bonchev–Trinajstić information content (AvgIpc) is 2.46. The van der Waals surface area contributed by atoms with Crippen molar-refractivity contribution < 1.29 is 19.4 Å². The van der Waals surface area contributed by atoms with E-state index >= 15 is 0 Å². The van der Waals surface area contributed by atoms with Gasteiger partial charge in [0.05, 0.1) is 6.54 Å². The summed E-state index contributed by atoms with van der Waals surface area (Å²) in [6.45, 7) is 7.05. The first-order valence-electron chi connectivity index (χ1n) is 7.75. The van der Waals surface area contributed by atoms with Gasteiger partial charge in [-0.2, -0.15) is 0 Å². The molecule has 1 amide bonds. The van der Waals surface area contributed by atoms with Crippen molar-refractivity contribution in [1.82, 2.24) is 9.80 Å². The van der Waals surface area contributed by atoms with Crippen molar-refractivity contribution >= 4 is 12.1 Å². The minimum Gasteiger partial charge on any atom is -0.480 e. The van der Waals surface area contributed by atoms with Gasteiger partial charge in [-0.1, -0.05) is 30.3 Å². The van der Waals surface area contributed by atoms with Gasteiger partial charge in [-0.25, -0.2) is 4.79 Å². The Morgan fingerprint density at radius 3 is 2.43 bits per heavy atom. The number of nitrogens with zero attached hydrogens (tertiary/aromatic N) is 2. The smallest absolute Gasteiger partial charge is 0.410 e. The fourth-order valence-electron chi connectivity index (χ4n) is 2.55. The summed E-state index contributed by atoms with van der Waals surface area (Å²) in [6.07, 6.45) is -0.455. The fraction of sp³-hybridized carbons (Fsp3) is 0.529. The molecule has 0 radical (unpaired) electrons. The van der Waals surface area contributed by atoms with Crippen LogP contribution in [0.4, 0.5) is 4.79 Å². The Morgan fingerprint density at radius 1 is 1.22 bits per heavy atom. The first-order valence-corrected chi connectivity index (χ1v) is 7.75. The molecule has 23 heavy (non-hydrogen) atoms. The van der Waals surface area contributed by atoms with E-state index < -0.39 is 23.7 Å². The zero-order chi connectivity index (χ0) is 17.0. The molecule has 1 aliphatic heterocycles. The Hall–Kier alpha value is -2.08. The van der Waals surface area contributed by atoms with Gasteiger partial charge in [0.25, 0.3) is 0 Å². The number of rotatable bonds is 3. The molecule has 1 heterocycles. The maximum atomic E-state index is 12.1. The van der Waals surface area contributed by atoms with Crippen LogP contribution in [0.3, 0.4) is 0 Å². The Labute approximate surface area is 136 Å². The van der Waals surface area contributed by atoms with Crippen LogP contribution in [0.2, 0.25) is 0 Å². The SMILES string of the molecule is CC(C)(C)OC(=O)N1CCN(Cc2ccccc2)[C@H](C(=O)O)C1. The Bertz CT molecular complexity index is 553. The molecule has 0 aliphatic carbocycles. The molecule has 0 spiro atoms. The molecule has 6 heteroatoms. The van der Waals surface area contributed by atoms with Crippen molar-refractivity contribution in [3.63, 3.8) is 0 Å². The molecule has 0 bridgehead atoms. The van der Waals surface area contributed by atoms with Gasteiger partial charge in [0.2, 0.25) is 0 Å². The monoisotopic (exact) mass is 320 g/mol. The normalized spacial score (nSPS) is 19.4. The number of carboxylic acids is 1. The van der Waals surface area contributed by atoms with E-state index in [1.165, 1.54) is 4.90 Å². The second-order valence-electron chi connectivity index (χ2n) is 6.74. The van der Waals surface area contributed by atoms with Crippen molar-refractivity contribution in [1.29, 1.82) is 0 Å². The molecule has 1 aromatic carbocycles. The van der Waals surface area contributed by atoms with Gasteiger partial charge in [0.15, 0.2) is 0 Å². The zero-order valence-electron chi connectivity index (χ0n) is 13.9. The van der Waals surface area contributed by atoms with E-state index in [1.807, 2.05) is 35.2 Å². The molecule has 1 fully saturated rings. The highest BCUT2D eigenvalue weighted by atomic mass is 16.6. The number of hydrogen-bond donors (Lipinski definition) is 1. The van der Waals surface area contributed by atoms with Crippen LogP contribution < -0.4 is 0 Å². The third-order valence-electron chi connectivity index (χ3n) is 3.66. The van der Waals surface area contributed by atoms with Crippen molar-refractivity contribution in [2.45, 2.75) is 39.0 Å². The van der Waals surface area contributed by atoms with Gasteiger partial charge in [-0.05, 0) is 26.3 Å². The van der Waals surface area contributed by atoms with E-state index in [4.69, 9.17) is 4.74 Å². The highest BCUT2D eigenvalue weighted by molar-refractivity contribution is 5.76. The van der Waals surface area contributed by atoms with E-state index in [9.17, 15) is 14.7 Å². The highest BCUT2D eigenvalue weighted by Gasteiger charge is 2.35. The first kappa shape index (κ1) is 17.3. The molecule has 2 rings (SSSR count). The minimum absolute atomic E-state index is 0.136. The number of hydrogen-bond acceptors (Lipinski definition) is 4. The lowest BCUT2D eigenvalue weighted by atomic mass is 10.1. The van der Waals surface area contributed by atoms with E-state index in [1.54, 1.807) is 20.8 Å². The Balaban J connectivity index is 2.03. The lowest BCUT2D eigenvalue weighted by Gasteiger charge is -2.39. The van der Waals surface area contributed by atoms with Crippen LogP contribution in [0.5, 0.6) is 0 Å². The van der Waals surface area contributed by atoms with E-state index in [0.29, 0.717) is 19.6 Å². The number of carboxylic acid groups (broad SMARTS) is 1. The van der Waals surface area contributed by atoms with Crippen LogP contribution in [-0.4, -0.2) is 58.2 Å². The van der Waals surface area contributed by atoms with Gasteiger partial charge in [-0.3, -0.25) is 9.69 Å². The predicted octanol–water partition coefficient (Wildman–Crippen LogP) is 2.19. The van der Waals surface area contributed by atoms with Crippen molar-refractivity contribution in [3.05, 3.63) is 35.9 Å². The van der Waals surface area contributed by atoms with E-state index in [0.717, 1.165) is 5.56 Å². The Kier molecular flexibility index (Phi) is 5.26. The fourth-order valence-corrected chi connectivity index (χ4v) is 2.55. The number of amides is 1. The molecule has 0 unspecified atom stereocenters. The number of aliphatic carboxylic acids is 1. The Morgan fingerprint density at radius 2 is 1.87 bits per heavy atom. The molecule has 1 aliphatic rings. The number of ether oxygens (including phenoxy) is 1. The number of carbonyl (C=O) groups is 2. The molecule has 0 saturated carbocycles. The third kappa shape index (κ3) is 4.96. The number of piperazine rings is 1. The zero-order valence-corrected chi connectivity index (χ0v) is 13.9. The summed E-state index contributed by atoms with van der Waals surface area (Å²) in [5.41, 5.74) is 0.473. The van der Waals surface area contributed by atoms with Crippen molar-refractivity contribution in [2.75, 3.05) is 19.6 Å². The highest BCUT2D eigenvalue weighted by Crippen LogP contribution is 2.17. The molecule has 0 aromatic heterocycles. The average molecular weight is 320 g/mol. The van der Waals surface area contributed by atoms with Crippen molar-refractivity contribution in [3.8, 4) is 0 Å². The quantitative estimate of drug-likeness (QED) is 0.924. The van der Waals surface area contributed by atoms with Gasteiger partial charge < -0.3 is 14.7 Å². The second kappa shape index (κ2) is 7.00. The molecule has 1 atom stereocenters. The van der Waals surface area contributed by atoms with Gasteiger partial charge >= 0.3 is 12.1 Å². The summed E-state index contributed by atoms with van der Waals surface area (Å²) >= 11 is 0. The second-order valence-corrected chi connectivity index (χ2v) is 6.74. The standard InChI is InChI=1S/C17H24N2O4/c1-17(2,3)23-16(22)19-10-9-18(14(12-19)15(20)21)11-13-7-5-4-6-8-13/h4-8,14H,9-12H2,1-3H3,(H,20,21)/t14-/m0/s1. The molecule has 1 saturated heterocycles. The topological polar surface area (TPSA) is 70.1 Å². The molecular formula is C17H24N2O4. The van der Waals surface area contributed by atoms with Crippen LogP contribution in [0, 0.1) is 0 Å². The van der Waals surface area contributed by atoms with Crippen LogP contribution in [0.1, 0.15) is 26.3 Å². The molecule has 126 valence electrons. The third-order valence-corrected chi connectivity index (χ3v) is 3.66. The molecule has 1 N–H and O–H groups in total. The van der Waals surface area contributed by atoms with Gasteiger partial charge in [0, 0.05) is 19.6 Å². The van der Waals surface area contributed by atoms with Gasteiger partial charge in [-0.15, -0.1) is 0 Å². The predicted molar refractivity (Wildman–Crippen MR) is 86.1 cm³/mol. The summed E-state index contributed by atoms with van der Waals surface area (Å²) in [5.74, 6) is -0.922. The molecule has 1 aromatic rings. The van der Waals surface area contributed by atoms with Crippen molar-refractivity contribution in [2.24, 2.45) is 0 Å². The first-order chi connectivity index (χ1) is 10.8. The summed E-state index contributed by atoms with van der Waals surface area (Å²) in [5, 5.41) is 9.50. The minimum atomic E-state index is -0.922. The summed E-state index contributed by atoms with van der Waals surface area (Å²) in [7, 11) is 0. The maximum Gasteiger partial charge on any atom is 0.410 e. The molecule has 6 nitrogen and oxygen atoms in total. The van der Waals surface area contributed by atoms with Crippen LogP contribution in [0.25, 0.3) is 0 Å². The van der Waals surface area contributed by atoms with Crippen LogP contribution in [0.15, 0.2) is 30.3 Å². The molecular weight excluding hydrogens is 296 g/mol. The summed E-state index contributed by atoms with van der Waals surface area (Å²) in [6, 6.07) is 9.01. The largest absolute Gasteiger partial charge is 0.480 e. The van der Waals surface area contributed by atoms with E-state index in [-0.39, 0.29) is 6.54 Å². The van der Waals surface area contributed by atoms with Crippen LogP contribution in [-0.2, 0) is 16.1 Å². The number of benzene rings is 1. The summed E-state index contributed by atoms with van der Waals surface area (Å²) < 4.78 is 5.33. The summed E-state index contributed by atoms with van der Waals surface area (Å²) in [4.78, 5) is 27.1. The lowest BCUT2D eigenvalue weighted by Crippen LogP contribution is -2.57. The maximum absolute atomic E-state index is 12.1. The van der Waals surface area contributed by atoms with E-state index in [2.05, 4.69) is 0 Å². The lowest BCUT2D eigenvalue weighted by molar-refractivity contribution is -0.145. The van der Waals surface area contributed by atoms with Crippen LogP contribution >= 0.6 is 0 Å². The number of carbonyl (C=O) groups excluding carboxylic acids is 1. The van der Waals surface area contributed by atoms with Gasteiger partial charge in [0.1, 0.15) is 11.6 Å².